The molecule has 4 heteroatoms. The molecule has 0 radical (unpaired) electrons. The lowest BCUT2D eigenvalue weighted by Crippen LogP contribution is -2.34. The molecule has 3 unspecified atom stereocenters. The summed E-state index contributed by atoms with van der Waals surface area (Å²) in [6, 6.07) is 0. The number of Topliss-reactive ketones (excluding diaryl/α,β-unsaturated/α-hetero) is 1. The van der Waals surface area contributed by atoms with Crippen LogP contribution in [0.15, 0.2) is 16.8 Å². The molecule has 1 aliphatic heterocycles. The largest absolute Gasteiger partial charge is 0.481 e. The van der Waals surface area contributed by atoms with Crippen molar-refractivity contribution >= 4 is 18.0 Å². The summed E-state index contributed by atoms with van der Waals surface area (Å²) in [5.41, 5.74) is 0.904. The number of hydrogen-bond acceptors (Lipinski definition) is 3. The maximum Gasteiger partial charge on any atom is 0.303 e. The number of unbranched alkanes of at least 4 members (excludes halogenated alkanes) is 1. The molecule has 1 heterocycles. The molecule has 1 N–H and O–H groups in total. The number of carbonyl (C=O) groups is 2. The number of carbonyl (C=O) groups excluding carboxylic acids is 1. The van der Waals surface area contributed by atoms with Gasteiger partial charge in [0.1, 0.15) is 0 Å². The number of hydrogen-bond donors (Lipinski definition) is 1. The fourth-order valence-electron chi connectivity index (χ4n) is 3.95. The molecule has 0 aromatic rings. The Labute approximate surface area is 132 Å². The van der Waals surface area contributed by atoms with Gasteiger partial charge in [-0.25, -0.2) is 0 Å². The average Bonchev–Trinajstić information content (AvgIpc) is 2.51. The van der Waals surface area contributed by atoms with Crippen LogP contribution in [-0.2, 0) is 9.59 Å². The van der Waals surface area contributed by atoms with Crippen LogP contribution in [0.5, 0.6) is 0 Å². The molecule has 22 heavy (non-hydrogen) atoms. The molecule has 2 aliphatic rings. The minimum atomic E-state index is -0.788. The Bertz CT molecular complexity index is 465. The van der Waals surface area contributed by atoms with Crippen LogP contribution in [0, 0.1) is 17.8 Å². The lowest BCUT2D eigenvalue weighted by Gasteiger charge is -2.39. The van der Waals surface area contributed by atoms with E-state index in [0.717, 1.165) is 18.4 Å². The van der Waals surface area contributed by atoms with Crippen LogP contribution in [0.4, 0.5) is 0 Å². The van der Waals surface area contributed by atoms with Gasteiger partial charge in [-0.2, -0.15) is 0 Å². The fourth-order valence-corrected chi connectivity index (χ4v) is 3.95. The SMILES string of the molecule is CCCC1CCCC2C=NC=C(C(=O)CCCCC(=O)O)C21. The highest BCUT2D eigenvalue weighted by molar-refractivity contribution is 5.97. The van der Waals surface area contributed by atoms with Crippen LogP contribution >= 0.6 is 0 Å². The van der Waals surface area contributed by atoms with E-state index in [0.29, 0.717) is 37.0 Å². The summed E-state index contributed by atoms with van der Waals surface area (Å²) in [7, 11) is 0. The van der Waals surface area contributed by atoms with Crippen LogP contribution in [0.2, 0.25) is 0 Å². The van der Waals surface area contributed by atoms with Gasteiger partial charge in [0.25, 0.3) is 0 Å². The second kappa shape index (κ2) is 8.25. The van der Waals surface area contributed by atoms with Gasteiger partial charge in [-0.15, -0.1) is 0 Å². The highest BCUT2D eigenvalue weighted by Crippen LogP contribution is 2.43. The van der Waals surface area contributed by atoms with Crippen molar-refractivity contribution in [3.8, 4) is 0 Å². The maximum atomic E-state index is 12.6. The van der Waals surface area contributed by atoms with Crippen molar-refractivity contribution in [1.82, 2.24) is 0 Å². The Morgan fingerprint density at radius 3 is 2.77 bits per heavy atom. The van der Waals surface area contributed by atoms with Crippen molar-refractivity contribution in [2.75, 3.05) is 0 Å². The smallest absolute Gasteiger partial charge is 0.303 e. The highest BCUT2D eigenvalue weighted by atomic mass is 16.4. The van der Waals surface area contributed by atoms with Crippen molar-refractivity contribution in [3.05, 3.63) is 11.8 Å². The number of carboxylic acid groups (broad SMARTS) is 1. The minimum absolute atomic E-state index is 0.148. The zero-order chi connectivity index (χ0) is 15.9. The topological polar surface area (TPSA) is 66.7 Å². The molecule has 0 amide bonds. The standard InChI is InChI=1S/C18H27NO3/c1-2-6-13-7-5-8-14-11-19-12-15(18(13)14)16(20)9-3-4-10-17(21)22/h11-14,18H,2-10H2,1H3,(H,21,22). The van der Waals surface area contributed by atoms with Gasteiger partial charge >= 0.3 is 5.97 Å². The molecular formula is C18H27NO3. The van der Waals surface area contributed by atoms with E-state index in [2.05, 4.69) is 11.9 Å². The van der Waals surface area contributed by atoms with Crippen molar-refractivity contribution in [2.45, 2.75) is 64.7 Å². The Hall–Kier alpha value is -1.45. The Morgan fingerprint density at radius 2 is 2.05 bits per heavy atom. The number of aliphatic imine (C=N–C) groups is 1. The number of nitrogens with zero attached hydrogens (tertiary/aromatic N) is 1. The predicted molar refractivity (Wildman–Crippen MR) is 86.9 cm³/mol. The van der Waals surface area contributed by atoms with Gasteiger partial charge in [-0.05, 0) is 37.5 Å². The minimum Gasteiger partial charge on any atom is -0.481 e. The molecule has 0 aromatic carbocycles. The second-order valence-corrected chi connectivity index (χ2v) is 6.58. The third-order valence-corrected chi connectivity index (χ3v) is 4.96. The van der Waals surface area contributed by atoms with Crippen LogP contribution in [0.3, 0.4) is 0 Å². The van der Waals surface area contributed by atoms with Crippen molar-refractivity contribution in [3.63, 3.8) is 0 Å². The number of aliphatic carboxylic acids is 1. The van der Waals surface area contributed by atoms with Crippen LogP contribution in [0.1, 0.15) is 64.7 Å². The predicted octanol–water partition coefficient (Wildman–Crippen LogP) is 4.00. The average molecular weight is 305 g/mol. The Balaban J connectivity index is 1.97. The summed E-state index contributed by atoms with van der Waals surface area (Å²) >= 11 is 0. The third-order valence-electron chi connectivity index (χ3n) is 4.96. The maximum absolute atomic E-state index is 12.6. The molecule has 2 rings (SSSR count). The van der Waals surface area contributed by atoms with E-state index in [1.54, 1.807) is 6.20 Å². The number of allylic oxidation sites excluding steroid dienone is 1. The number of fused-ring (bicyclic) bond motifs is 1. The lowest BCUT2D eigenvalue weighted by atomic mass is 9.66. The summed E-state index contributed by atoms with van der Waals surface area (Å²) in [5.74, 6) is 0.765. The summed E-state index contributed by atoms with van der Waals surface area (Å²) in [6.07, 6.45) is 11.6. The normalized spacial score (nSPS) is 27.1. The van der Waals surface area contributed by atoms with Gasteiger partial charge in [-0.3, -0.25) is 14.6 Å². The van der Waals surface area contributed by atoms with E-state index in [1.165, 1.54) is 19.3 Å². The van der Waals surface area contributed by atoms with Crippen LogP contribution < -0.4 is 0 Å². The van der Waals surface area contributed by atoms with Gasteiger partial charge in [0, 0.05) is 36.7 Å². The fraction of sp³-hybridized carbons (Fsp3) is 0.722. The van der Waals surface area contributed by atoms with Crippen LogP contribution in [-0.4, -0.2) is 23.1 Å². The van der Waals surface area contributed by atoms with E-state index in [4.69, 9.17) is 5.11 Å². The van der Waals surface area contributed by atoms with Gasteiger partial charge in [0.05, 0.1) is 0 Å². The van der Waals surface area contributed by atoms with E-state index < -0.39 is 5.97 Å². The molecule has 0 spiro atoms. The second-order valence-electron chi connectivity index (χ2n) is 6.58. The summed E-state index contributed by atoms with van der Waals surface area (Å²) in [6.45, 7) is 2.21. The first-order valence-electron chi connectivity index (χ1n) is 8.61. The van der Waals surface area contributed by atoms with E-state index in [1.807, 2.05) is 6.21 Å². The number of rotatable bonds is 8. The molecule has 0 bridgehead atoms. The quantitative estimate of drug-likeness (QED) is 0.689. The van der Waals surface area contributed by atoms with Gasteiger partial charge in [0.15, 0.2) is 5.78 Å². The van der Waals surface area contributed by atoms with Gasteiger partial charge in [0.2, 0.25) is 0 Å². The zero-order valence-corrected chi connectivity index (χ0v) is 13.5. The van der Waals surface area contributed by atoms with Crippen LogP contribution in [0.25, 0.3) is 0 Å². The third kappa shape index (κ3) is 4.28. The molecule has 0 aromatic heterocycles. The molecule has 122 valence electrons. The van der Waals surface area contributed by atoms with E-state index in [-0.39, 0.29) is 12.2 Å². The van der Waals surface area contributed by atoms with Gasteiger partial charge < -0.3 is 5.11 Å². The Morgan fingerprint density at radius 1 is 1.27 bits per heavy atom. The summed E-state index contributed by atoms with van der Waals surface area (Å²) in [5, 5.41) is 8.66. The molecule has 1 aliphatic carbocycles. The van der Waals surface area contributed by atoms with Gasteiger partial charge in [-0.1, -0.05) is 26.2 Å². The summed E-state index contributed by atoms with van der Waals surface area (Å²) < 4.78 is 0. The zero-order valence-electron chi connectivity index (χ0n) is 13.5. The van der Waals surface area contributed by atoms with Crippen molar-refractivity contribution < 1.29 is 14.7 Å². The Kier molecular flexibility index (Phi) is 6.34. The number of ketones is 1. The molecule has 3 atom stereocenters. The first-order chi connectivity index (χ1) is 10.6. The van der Waals surface area contributed by atoms with Crippen molar-refractivity contribution in [2.24, 2.45) is 22.7 Å². The summed E-state index contributed by atoms with van der Waals surface area (Å²) in [4.78, 5) is 27.4. The molecule has 4 nitrogen and oxygen atoms in total. The monoisotopic (exact) mass is 305 g/mol. The van der Waals surface area contributed by atoms with E-state index in [9.17, 15) is 9.59 Å². The first-order valence-corrected chi connectivity index (χ1v) is 8.61. The first kappa shape index (κ1) is 16.9. The van der Waals surface area contributed by atoms with E-state index >= 15 is 0 Å². The molecular weight excluding hydrogens is 278 g/mol. The number of carboxylic acids is 1. The molecule has 1 fully saturated rings. The highest BCUT2D eigenvalue weighted by Gasteiger charge is 2.37. The lowest BCUT2D eigenvalue weighted by molar-refractivity contribution is -0.137. The molecule has 0 saturated heterocycles. The van der Waals surface area contributed by atoms with Crippen molar-refractivity contribution in [1.29, 1.82) is 0 Å². The molecule has 1 saturated carbocycles.